The van der Waals surface area contributed by atoms with Crippen molar-refractivity contribution in [3.8, 4) is 5.75 Å². The van der Waals surface area contributed by atoms with Crippen LogP contribution in [0.3, 0.4) is 0 Å². The Morgan fingerprint density at radius 2 is 2.10 bits per heavy atom. The average Bonchev–Trinajstić information content (AvgIpc) is 2.85. The molecule has 5 heteroatoms. The number of aromatic nitrogens is 1. The highest BCUT2D eigenvalue weighted by Crippen LogP contribution is 2.16. The molecule has 0 unspecified atom stereocenters. The normalized spacial score (nSPS) is 10.3. The number of oxazole rings is 1. The molecule has 106 valence electrons. The monoisotopic (exact) mass is 274 g/mol. The Bertz CT molecular complexity index is 561. The molecule has 0 aliphatic carbocycles. The fourth-order valence-electron chi connectivity index (χ4n) is 1.79. The Kier molecular flexibility index (Phi) is 4.76. The fourth-order valence-corrected chi connectivity index (χ4v) is 1.79. The number of amides is 1. The van der Waals surface area contributed by atoms with E-state index in [2.05, 4.69) is 10.3 Å². The van der Waals surface area contributed by atoms with Crippen LogP contribution in [0.1, 0.15) is 24.9 Å². The number of benzene rings is 1. The van der Waals surface area contributed by atoms with Crippen LogP contribution in [0.25, 0.3) is 0 Å². The van der Waals surface area contributed by atoms with Crippen LogP contribution in [0.5, 0.6) is 5.75 Å². The number of ether oxygens (including phenoxy) is 1. The zero-order valence-electron chi connectivity index (χ0n) is 11.7. The Hall–Kier alpha value is -2.30. The molecule has 0 aliphatic rings. The maximum Gasteiger partial charge on any atom is 0.224 e. The van der Waals surface area contributed by atoms with Gasteiger partial charge in [-0.15, -0.1) is 0 Å². The molecule has 1 aromatic heterocycles. The fraction of sp³-hybridized carbons (Fsp3) is 0.333. The molecule has 1 heterocycles. The van der Waals surface area contributed by atoms with E-state index in [1.54, 1.807) is 13.2 Å². The average molecular weight is 274 g/mol. The summed E-state index contributed by atoms with van der Waals surface area (Å²) >= 11 is 0. The van der Waals surface area contributed by atoms with Gasteiger partial charge in [0.05, 0.1) is 12.3 Å². The minimum atomic E-state index is -0.0465. The van der Waals surface area contributed by atoms with Crippen LogP contribution in [0, 0.1) is 6.92 Å². The summed E-state index contributed by atoms with van der Waals surface area (Å²) in [5.74, 6) is 1.37. The van der Waals surface area contributed by atoms with Gasteiger partial charge in [0.1, 0.15) is 12.0 Å². The largest absolute Gasteiger partial charge is 0.494 e. The van der Waals surface area contributed by atoms with E-state index >= 15 is 0 Å². The van der Waals surface area contributed by atoms with Crippen molar-refractivity contribution >= 4 is 11.6 Å². The maximum absolute atomic E-state index is 11.8. The van der Waals surface area contributed by atoms with Gasteiger partial charge in [0, 0.05) is 25.5 Å². The van der Waals surface area contributed by atoms with Crippen LogP contribution in [0.4, 0.5) is 5.69 Å². The standard InChI is InChI=1S/C15H18N2O3/c1-3-19-14-7-4-12(5-8-14)17-15(18)9-6-13-10-20-11(2)16-13/h4-5,7-8,10H,3,6,9H2,1-2H3,(H,17,18). The number of carbonyl (C=O) groups excluding carboxylic acids is 1. The van der Waals surface area contributed by atoms with E-state index in [0.717, 1.165) is 17.1 Å². The predicted molar refractivity (Wildman–Crippen MR) is 75.8 cm³/mol. The van der Waals surface area contributed by atoms with E-state index in [1.807, 2.05) is 31.2 Å². The first-order valence-electron chi connectivity index (χ1n) is 6.61. The van der Waals surface area contributed by atoms with Crippen molar-refractivity contribution in [3.63, 3.8) is 0 Å². The second-order valence-corrected chi connectivity index (χ2v) is 4.36. The number of carbonyl (C=O) groups is 1. The van der Waals surface area contributed by atoms with Gasteiger partial charge in [0.25, 0.3) is 0 Å². The number of nitrogens with one attached hydrogen (secondary N) is 1. The van der Waals surface area contributed by atoms with Gasteiger partial charge < -0.3 is 14.5 Å². The van der Waals surface area contributed by atoms with E-state index in [-0.39, 0.29) is 5.91 Å². The molecule has 0 atom stereocenters. The van der Waals surface area contributed by atoms with Gasteiger partial charge in [-0.2, -0.15) is 0 Å². The van der Waals surface area contributed by atoms with E-state index in [4.69, 9.17) is 9.15 Å². The van der Waals surface area contributed by atoms with Gasteiger partial charge in [-0.1, -0.05) is 0 Å². The molecular weight excluding hydrogens is 256 g/mol. The summed E-state index contributed by atoms with van der Waals surface area (Å²) in [6.07, 6.45) is 2.53. The summed E-state index contributed by atoms with van der Waals surface area (Å²) < 4.78 is 10.4. The number of hydrogen-bond donors (Lipinski definition) is 1. The minimum Gasteiger partial charge on any atom is -0.494 e. The number of anilines is 1. The molecule has 2 aromatic rings. The van der Waals surface area contributed by atoms with Crippen molar-refractivity contribution in [2.75, 3.05) is 11.9 Å². The first-order chi connectivity index (χ1) is 9.67. The van der Waals surface area contributed by atoms with Crippen molar-refractivity contribution in [3.05, 3.63) is 42.1 Å². The third-order valence-electron chi connectivity index (χ3n) is 2.72. The van der Waals surface area contributed by atoms with Gasteiger partial charge in [-0.25, -0.2) is 4.98 Å². The van der Waals surface area contributed by atoms with Crippen LogP contribution in [0.2, 0.25) is 0 Å². The molecule has 0 spiro atoms. The van der Waals surface area contributed by atoms with Gasteiger partial charge in [-0.05, 0) is 31.2 Å². The third-order valence-corrected chi connectivity index (χ3v) is 2.72. The summed E-state index contributed by atoms with van der Waals surface area (Å²) in [6, 6.07) is 7.31. The van der Waals surface area contributed by atoms with E-state index in [9.17, 15) is 4.79 Å². The Labute approximate surface area is 118 Å². The van der Waals surface area contributed by atoms with E-state index < -0.39 is 0 Å². The highest BCUT2D eigenvalue weighted by Gasteiger charge is 2.06. The van der Waals surface area contributed by atoms with Crippen LogP contribution in [-0.4, -0.2) is 17.5 Å². The molecule has 20 heavy (non-hydrogen) atoms. The molecule has 0 saturated carbocycles. The van der Waals surface area contributed by atoms with Crippen molar-refractivity contribution in [1.29, 1.82) is 0 Å². The molecule has 2 rings (SSSR count). The second kappa shape index (κ2) is 6.75. The quantitative estimate of drug-likeness (QED) is 0.879. The Morgan fingerprint density at radius 1 is 1.35 bits per heavy atom. The molecule has 0 aliphatic heterocycles. The number of nitrogens with zero attached hydrogens (tertiary/aromatic N) is 1. The predicted octanol–water partition coefficient (Wildman–Crippen LogP) is 2.95. The molecule has 5 nitrogen and oxygen atoms in total. The second-order valence-electron chi connectivity index (χ2n) is 4.36. The lowest BCUT2D eigenvalue weighted by atomic mass is 10.2. The van der Waals surface area contributed by atoms with Gasteiger partial charge in [0.2, 0.25) is 5.91 Å². The SMILES string of the molecule is CCOc1ccc(NC(=O)CCc2coc(C)n2)cc1. The Balaban J connectivity index is 1.81. The summed E-state index contributed by atoms with van der Waals surface area (Å²) in [4.78, 5) is 16.0. The topological polar surface area (TPSA) is 64.4 Å². The van der Waals surface area contributed by atoms with Crippen LogP contribution < -0.4 is 10.1 Å². The smallest absolute Gasteiger partial charge is 0.224 e. The van der Waals surface area contributed by atoms with Crippen LogP contribution >= 0.6 is 0 Å². The molecular formula is C15H18N2O3. The molecule has 1 amide bonds. The summed E-state index contributed by atoms with van der Waals surface area (Å²) in [5.41, 5.74) is 1.55. The van der Waals surface area contributed by atoms with E-state index in [1.165, 1.54) is 0 Å². The van der Waals surface area contributed by atoms with Crippen molar-refractivity contribution in [2.24, 2.45) is 0 Å². The van der Waals surface area contributed by atoms with Crippen molar-refractivity contribution in [2.45, 2.75) is 26.7 Å². The number of hydrogen-bond acceptors (Lipinski definition) is 4. The molecule has 0 bridgehead atoms. The summed E-state index contributed by atoms with van der Waals surface area (Å²) in [6.45, 7) is 4.34. The molecule has 1 N–H and O–H groups in total. The number of rotatable bonds is 6. The first-order valence-corrected chi connectivity index (χ1v) is 6.61. The molecule has 0 saturated heterocycles. The van der Waals surface area contributed by atoms with Crippen molar-refractivity contribution < 1.29 is 13.9 Å². The zero-order valence-corrected chi connectivity index (χ0v) is 11.7. The molecule has 0 radical (unpaired) electrons. The highest BCUT2D eigenvalue weighted by atomic mass is 16.5. The van der Waals surface area contributed by atoms with Gasteiger partial charge >= 0.3 is 0 Å². The molecule has 0 fully saturated rings. The minimum absolute atomic E-state index is 0.0465. The third kappa shape index (κ3) is 4.12. The highest BCUT2D eigenvalue weighted by molar-refractivity contribution is 5.90. The lowest BCUT2D eigenvalue weighted by Gasteiger charge is -2.06. The lowest BCUT2D eigenvalue weighted by Crippen LogP contribution is -2.12. The van der Waals surface area contributed by atoms with Crippen LogP contribution in [0.15, 0.2) is 34.9 Å². The Morgan fingerprint density at radius 3 is 2.70 bits per heavy atom. The van der Waals surface area contributed by atoms with Crippen LogP contribution in [-0.2, 0) is 11.2 Å². The maximum atomic E-state index is 11.8. The molecule has 1 aromatic carbocycles. The summed E-state index contributed by atoms with van der Waals surface area (Å²) in [5, 5.41) is 2.84. The zero-order chi connectivity index (χ0) is 14.4. The van der Waals surface area contributed by atoms with Crippen molar-refractivity contribution in [1.82, 2.24) is 4.98 Å². The first kappa shape index (κ1) is 14.1. The van der Waals surface area contributed by atoms with Gasteiger partial charge in [0.15, 0.2) is 5.89 Å². The number of aryl methyl sites for hydroxylation is 2. The van der Waals surface area contributed by atoms with E-state index in [0.29, 0.717) is 25.3 Å². The summed E-state index contributed by atoms with van der Waals surface area (Å²) in [7, 11) is 0. The lowest BCUT2D eigenvalue weighted by molar-refractivity contribution is -0.116. The van der Waals surface area contributed by atoms with Gasteiger partial charge in [-0.3, -0.25) is 4.79 Å².